The van der Waals surface area contributed by atoms with Gasteiger partial charge in [0, 0.05) is 37.2 Å². The molecule has 2 aromatic rings. The van der Waals surface area contributed by atoms with Crippen LogP contribution in [0.2, 0.25) is 0 Å². The highest BCUT2D eigenvalue weighted by molar-refractivity contribution is 7.92. The lowest BCUT2D eigenvalue weighted by molar-refractivity contribution is -0.125. The number of hydrogen-bond donors (Lipinski definition) is 5. The molecule has 0 aliphatic heterocycles. The van der Waals surface area contributed by atoms with Gasteiger partial charge in [-0.3, -0.25) is 18.7 Å². The Morgan fingerprint density at radius 2 is 1.62 bits per heavy atom. The second-order valence-corrected chi connectivity index (χ2v) is 17.1. The summed E-state index contributed by atoms with van der Waals surface area (Å²) >= 11 is 0. The van der Waals surface area contributed by atoms with Crippen molar-refractivity contribution in [3.63, 3.8) is 0 Å². The van der Waals surface area contributed by atoms with E-state index >= 15 is 0 Å². The summed E-state index contributed by atoms with van der Waals surface area (Å²) in [4.78, 5) is 40.4. The third-order valence-corrected chi connectivity index (χ3v) is 10.6. The van der Waals surface area contributed by atoms with Crippen LogP contribution in [0.25, 0.3) is 0 Å². The summed E-state index contributed by atoms with van der Waals surface area (Å²) in [6.45, 7) is 8.61. The molecule has 5 N–H and O–H groups in total. The number of carbonyl (C=O) groups excluding carboxylic acids is 3. The van der Waals surface area contributed by atoms with Crippen LogP contribution in [0.3, 0.4) is 0 Å². The van der Waals surface area contributed by atoms with Crippen molar-refractivity contribution in [2.24, 2.45) is 11.8 Å². The first-order valence-corrected chi connectivity index (χ1v) is 20.0. The van der Waals surface area contributed by atoms with Crippen LogP contribution in [0.1, 0.15) is 72.4 Å². The van der Waals surface area contributed by atoms with E-state index in [-0.39, 0.29) is 47.1 Å². The number of nitrogens with one attached hydrogen (secondary N) is 4. The normalized spacial score (nSPS) is 18.6. The second kappa shape index (κ2) is 17.2. The Labute approximate surface area is 280 Å². The first kappa shape index (κ1) is 38.1. The number of rotatable bonds is 16. The predicted molar refractivity (Wildman–Crippen MR) is 191 cm³/mol. The quantitative estimate of drug-likeness (QED) is 0.170. The van der Waals surface area contributed by atoms with E-state index in [1.807, 2.05) is 57.8 Å². The zero-order valence-electron chi connectivity index (χ0n) is 28.3. The molecule has 0 spiro atoms. The Morgan fingerprint density at radius 1 is 1.00 bits per heavy atom. The molecule has 1 aliphatic rings. The fraction of sp³-hybridized carbons (Fsp3) is 0.529. The van der Waals surface area contributed by atoms with Crippen molar-refractivity contribution in [2.75, 3.05) is 43.5 Å². The van der Waals surface area contributed by atoms with Crippen molar-refractivity contribution in [2.45, 2.75) is 64.3 Å². The first-order valence-electron chi connectivity index (χ1n) is 16.0. The largest absolute Gasteiger partial charge is 0.393 e. The highest BCUT2D eigenvalue weighted by Gasteiger charge is 2.37. The van der Waals surface area contributed by atoms with E-state index in [4.69, 9.17) is 0 Å². The number of amides is 3. The highest BCUT2D eigenvalue weighted by atomic mass is 32.2. The molecule has 47 heavy (non-hydrogen) atoms. The van der Waals surface area contributed by atoms with Crippen LogP contribution in [0.5, 0.6) is 0 Å². The summed E-state index contributed by atoms with van der Waals surface area (Å²) in [5.41, 5.74) is 1.30. The maximum atomic E-state index is 13.8. The number of aliphatic hydroxyl groups is 1. The van der Waals surface area contributed by atoms with Crippen LogP contribution in [0.15, 0.2) is 48.5 Å². The molecule has 1 fully saturated rings. The smallest absolute Gasteiger partial charge is 0.251 e. The molecular formula is C34H51N5O6PS+. The molecular weight excluding hydrogens is 637 g/mol. The van der Waals surface area contributed by atoms with Crippen molar-refractivity contribution in [3.05, 3.63) is 65.2 Å². The Hall–Kier alpha value is -3.31. The van der Waals surface area contributed by atoms with Crippen molar-refractivity contribution >= 4 is 47.3 Å². The number of anilines is 1. The van der Waals surface area contributed by atoms with Gasteiger partial charge < -0.3 is 26.4 Å². The molecule has 1 saturated carbocycles. The van der Waals surface area contributed by atoms with Crippen LogP contribution < -0.4 is 25.6 Å². The molecule has 6 atom stereocenters. The number of aliphatic hydroxyl groups excluding tert-OH is 1. The number of benzene rings is 2. The van der Waals surface area contributed by atoms with E-state index in [2.05, 4.69) is 27.6 Å². The third kappa shape index (κ3) is 11.4. The van der Waals surface area contributed by atoms with Crippen LogP contribution >= 0.6 is 7.55 Å². The average Bonchev–Trinajstić information content (AvgIpc) is 3.44. The van der Waals surface area contributed by atoms with Gasteiger partial charge in [-0.05, 0) is 49.4 Å². The van der Waals surface area contributed by atoms with Crippen molar-refractivity contribution in [1.29, 1.82) is 0 Å². The maximum Gasteiger partial charge on any atom is 0.251 e. The summed E-state index contributed by atoms with van der Waals surface area (Å²) in [5, 5.41) is 22.9. The van der Waals surface area contributed by atoms with Gasteiger partial charge in [0.2, 0.25) is 15.9 Å². The third-order valence-electron chi connectivity index (χ3n) is 8.33. The van der Waals surface area contributed by atoms with Gasteiger partial charge in [-0.1, -0.05) is 50.6 Å². The van der Waals surface area contributed by atoms with Gasteiger partial charge in [-0.15, -0.1) is 0 Å². The van der Waals surface area contributed by atoms with E-state index in [1.165, 1.54) is 25.2 Å². The molecule has 0 heterocycles. The van der Waals surface area contributed by atoms with Crippen LogP contribution in [-0.4, -0.2) is 95.0 Å². The Bertz CT molecular complexity index is 1520. The standard InChI is InChI=1S/C34H50N5O6PS/c1-22(2)19-36-34(43)31(29-14-11-15-30(29)40)35-20-27(21-46(5)6)38-33(42)26-16-25(17-28(18-26)39(4)47(7,44)45)32(41)37-23(3)24-12-9-8-10-13-24/h8-10,12-13,16-18,22-23,27,29-31,35,40H,5,11,14-15,19-21H2,1-4,6-7H3,(H2-,36,37,38,41,42,43)/p+1. The number of sulfonamides is 1. The molecule has 3 amide bonds. The lowest BCUT2D eigenvalue weighted by atomic mass is 9.94. The molecule has 6 unspecified atom stereocenters. The number of carbonyl (C=O) groups is 3. The zero-order chi connectivity index (χ0) is 34.9. The van der Waals surface area contributed by atoms with Crippen LogP contribution in [0.4, 0.5) is 5.69 Å². The SMILES string of the molecule is C=[P+](C)CC(CNC(C(=O)NCC(C)C)C1CCCC1O)NC(=O)c1cc(C(=O)NC(C)c2ccccc2)cc(N(C)S(C)(=O)=O)c1. The summed E-state index contributed by atoms with van der Waals surface area (Å²) in [6.07, 6.45) is 7.34. The number of nitrogens with zero attached hydrogens (tertiary/aromatic N) is 1. The van der Waals surface area contributed by atoms with Crippen LogP contribution in [-0.2, 0) is 14.8 Å². The average molecular weight is 689 g/mol. The molecule has 3 rings (SSSR count). The van der Waals surface area contributed by atoms with E-state index in [9.17, 15) is 27.9 Å². The molecule has 1 aliphatic carbocycles. The second-order valence-electron chi connectivity index (χ2n) is 13.0. The summed E-state index contributed by atoms with van der Waals surface area (Å²) in [5.74, 6) is -1.12. The van der Waals surface area contributed by atoms with Gasteiger partial charge in [0.15, 0.2) is 0 Å². The molecule has 258 valence electrons. The fourth-order valence-electron chi connectivity index (χ4n) is 5.64. The minimum absolute atomic E-state index is 0.113. The first-order chi connectivity index (χ1) is 22.1. The van der Waals surface area contributed by atoms with E-state index < -0.39 is 47.6 Å². The van der Waals surface area contributed by atoms with Crippen molar-refractivity contribution < 1.29 is 27.9 Å². The maximum absolute atomic E-state index is 13.8. The summed E-state index contributed by atoms with van der Waals surface area (Å²) < 4.78 is 25.9. The molecule has 13 heteroatoms. The van der Waals surface area contributed by atoms with Crippen molar-refractivity contribution in [1.82, 2.24) is 21.3 Å². The molecule has 0 radical (unpaired) electrons. The lowest BCUT2D eigenvalue weighted by Crippen LogP contribution is -2.55. The molecule has 0 saturated heterocycles. The monoisotopic (exact) mass is 688 g/mol. The zero-order valence-corrected chi connectivity index (χ0v) is 30.0. The molecule has 2 aromatic carbocycles. The lowest BCUT2D eigenvalue weighted by Gasteiger charge is -2.28. The number of hydrogen-bond acceptors (Lipinski definition) is 7. The van der Waals surface area contributed by atoms with Gasteiger partial charge in [-0.25, -0.2) is 8.42 Å². The molecule has 0 aromatic heterocycles. The minimum atomic E-state index is -3.70. The molecule has 11 nitrogen and oxygen atoms in total. The van der Waals surface area contributed by atoms with Gasteiger partial charge in [-0.2, -0.15) is 0 Å². The van der Waals surface area contributed by atoms with Gasteiger partial charge in [0.05, 0.1) is 56.7 Å². The topological polar surface area (TPSA) is 157 Å². The van der Waals surface area contributed by atoms with Gasteiger partial charge >= 0.3 is 0 Å². The minimum Gasteiger partial charge on any atom is -0.393 e. The molecule has 0 bridgehead atoms. The highest BCUT2D eigenvalue weighted by Crippen LogP contribution is 2.29. The van der Waals surface area contributed by atoms with E-state index in [0.717, 1.165) is 29.0 Å². The summed E-state index contributed by atoms with van der Waals surface area (Å²) in [6, 6.07) is 12.3. The predicted octanol–water partition coefficient (Wildman–Crippen LogP) is 3.11. The van der Waals surface area contributed by atoms with Crippen LogP contribution in [0, 0.1) is 11.8 Å². The Morgan fingerprint density at radius 3 is 2.15 bits per heavy atom. The van der Waals surface area contributed by atoms with Gasteiger partial charge in [0.25, 0.3) is 11.8 Å². The van der Waals surface area contributed by atoms with Crippen molar-refractivity contribution in [3.8, 4) is 0 Å². The fourth-order valence-corrected chi connectivity index (χ4v) is 7.10. The Balaban J connectivity index is 1.87. The Kier molecular flexibility index (Phi) is 14.0. The van der Waals surface area contributed by atoms with E-state index in [1.54, 1.807) is 0 Å². The van der Waals surface area contributed by atoms with Gasteiger partial charge in [0.1, 0.15) is 6.16 Å². The van der Waals surface area contributed by atoms with E-state index in [0.29, 0.717) is 19.1 Å². The summed E-state index contributed by atoms with van der Waals surface area (Å²) in [7, 11) is -3.04.